The number of hydrogen-bond acceptors (Lipinski definition) is 3. The number of fused-ring (bicyclic) bond motifs is 1. The molecule has 3 nitrogen and oxygen atoms in total. The van der Waals surface area contributed by atoms with Gasteiger partial charge in [-0.25, -0.2) is 0 Å². The van der Waals surface area contributed by atoms with E-state index in [9.17, 15) is 4.79 Å². The number of hydrogen-bond donors (Lipinski definition) is 0. The van der Waals surface area contributed by atoms with Gasteiger partial charge >= 0.3 is 0 Å². The summed E-state index contributed by atoms with van der Waals surface area (Å²) in [6.45, 7) is 8.70. The summed E-state index contributed by atoms with van der Waals surface area (Å²) < 4.78 is 0. The molecule has 20 heavy (non-hydrogen) atoms. The first-order valence-corrected chi connectivity index (χ1v) is 7.09. The minimum absolute atomic E-state index is 0.0929. The number of anilines is 1. The number of aromatic nitrogens is 1. The third kappa shape index (κ3) is 2.69. The van der Waals surface area contributed by atoms with Crippen LogP contribution < -0.4 is 4.90 Å². The zero-order valence-corrected chi connectivity index (χ0v) is 12.8. The summed E-state index contributed by atoms with van der Waals surface area (Å²) in [7, 11) is 1.60. The molecule has 0 saturated heterocycles. The lowest BCUT2D eigenvalue weighted by molar-refractivity contribution is 0.108. The fourth-order valence-corrected chi connectivity index (χ4v) is 2.73. The Bertz CT molecular complexity index is 629. The van der Waals surface area contributed by atoms with Gasteiger partial charge in [0.25, 0.3) is 0 Å². The molecule has 0 saturated carbocycles. The molecule has 104 valence electrons. The fourth-order valence-electron chi connectivity index (χ4n) is 2.73. The highest BCUT2D eigenvalue weighted by molar-refractivity contribution is 6.62. The van der Waals surface area contributed by atoms with Gasteiger partial charge in [-0.1, -0.05) is 12.1 Å². The fraction of sp³-hybridized carbons (Fsp3) is 0.375. The highest BCUT2D eigenvalue weighted by Gasteiger charge is 2.17. The first-order valence-electron chi connectivity index (χ1n) is 7.09. The van der Waals surface area contributed by atoms with Crippen molar-refractivity contribution in [3.8, 4) is 0 Å². The van der Waals surface area contributed by atoms with E-state index >= 15 is 0 Å². The Morgan fingerprint density at radius 3 is 2.35 bits per heavy atom. The maximum Gasteiger partial charge on any atom is 0.193 e. The number of carbonyl (C=O) groups is 1. The molecule has 0 spiro atoms. The predicted octanol–water partition coefficient (Wildman–Crippen LogP) is 2.63. The summed E-state index contributed by atoms with van der Waals surface area (Å²) in [6.07, 6.45) is 3.74. The van der Waals surface area contributed by atoms with Crippen molar-refractivity contribution in [1.82, 2.24) is 4.98 Å². The molecule has 0 unspecified atom stereocenters. The largest absolute Gasteiger partial charge is 0.365 e. The molecule has 0 aliphatic carbocycles. The molecule has 0 aliphatic rings. The molecule has 2 rings (SSSR count). The molecule has 2 aromatic rings. The first-order chi connectivity index (χ1) is 9.41. The molecular weight excluding hydrogens is 247 g/mol. The average Bonchev–Trinajstić information content (AvgIpc) is 2.37. The van der Waals surface area contributed by atoms with Gasteiger partial charge in [0.05, 0.1) is 11.9 Å². The van der Waals surface area contributed by atoms with Crippen LogP contribution in [0.25, 0.3) is 10.8 Å². The standard InChI is InChI=1S/C16H21BN2O/c1-10(2)19(11(3)4)15-9-18-8-13-6-5-12(16(17)20)7-14(13)15/h5-11H,17H2,1-4H3. The zero-order valence-electron chi connectivity index (χ0n) is 12.8. The molecule has 0 bridgehead atoms. The van der Waals surface area contributed by atoms with Crippen LogP contribution in [0.4, 0.5) is 5.69 Å². The SMILES string of the molecule is BC(=O)c1ccc2cncc(N(C(C)C)C(C)C)c2c1. The van der Waals surface area contributed by atoms with Crippen molar-refractivity contribution < 1.29 is 4.79 Å². The number of benzene rings is 1. The second kappa shape index (κ2) is 5.65. The molecule has 1 heterocycles. The highest BCUT2D eigenvalue weighted by atomic mass is 16.1. The maximum absolute atomic E-state index is 11.6. The Morgan fingerprint density at radius 2 is 1.80 bits per heavy atom. The smallest absolute Gasteiger partial charge is 0.193 e. The Kier molecular flexibility index (Phi) is 4.12. The third-order valence-electron chi connectivity index (χ3n) is 3.54. The van der Waals surface area contributed by atoms with E-state index in [-0.39, 0.29) is 5.68 Å². The van der Waals surface area contributed by atoms with Crippen LogP contribution in [0.1, 0.15) is 38.1 Å². The minimum atomic E-state index is 0.0929. The second-order valence-electron chi connectivity index (χ2n) is 5.75. The van der Waals surface area contributed by atoms with Gasteiger partial charge in [-0.05, 0) is 33.8 Å². The van der Waals surface area contributed by atoms with Gasteiger partial charge in [-0.3, -0.25) is 4.98 Å². The molecular formula is C16H21BN2O. The summed E-state index contributed by atoms with van der Waals surface area (Å²) in [5.41, 5.74) is 1.93. The van der Waals surface area contributed by atoms with Gasteiger partial charge in [0.2, 0.25) is 0 Å². The molecule has 0 aliphatic heterocycles. The van der Waals surface area contributed by atoms with E-state index < -0.39 is 0 Å². The molecule has 0 fully saturated rings. The van der Waals surface area contributed by atoms with Crippen molar-refractivity contribution in [3.05, 3.63) is 36.2 Å². The Labute approximate surface area is 121 Å². The van der Waals surface area contributed by atoms with Crippen molar-refractivity contribution in [2.45, 2.75) is 39.8 Å². The summed E-state index contributed by atoms with van der Waals surface area (Å²) in [4.78, 5) is 18.3. The summed E-state index contributed by atoms with van der Waals surface area (Å²) in [5.74, 6) is 0. The van der Waals surface area contributed by atoms with Crippen molar-refractivity contribution in [1.29, 1.82) is 0 Å². The topological polar surface area (TPSA) is 33.2 Å². The van der Waals surface area contributed by atoms with Gasteiger partial charge in [0, 0.05) is 34.6 Å². The van der Waals surface area contributed by atoms with Crippen LogP contribution in [0.15, 0.2) is 30.6 Å². The lowest BCUT2D eigenvalue weighted by Gasteiger charge is -2.33. The van der Waals surface area contributed by atoms with E-state index in [1.165, 1.54) is 0 Å². The van der Waals surface area contributed by atoms with E-state index in [4.69, 9.17) is 0 Å². The lowest BCUT2D eigenvalue weighted by Crippen LogP contribution is -2.37. The third-order valence-corrected chi connectivity index (χ3v) is 3.54. The number of carbonyl (C=O) groups excluding carboxylic acids is 1. The Morgan fingerprint density at radius 1 is 1.15 bits per heavy atom. The molecule has 0 amide bonds. The predicted molar refractivity (Wildman–Crippen MR) is 87.4 cm³/mol. The van der Waals surface area contributed by atoms with Crippen LogP contribution >= 0.6 is 0 Å². The minimum Gasteiger partial charge on any atom is -0.365 e. The van der Waals surface area contributed by atoms with Gasteiger partial charge in [-0.15, -0.1) is 0 Å². The van der Waals surface area contributed by atoms with Crippen LogP contribution in [0.2, 0.25) is 0 Å². The van der Waals surface area contributed by atoms with E-state index in [2.05, 4.69) is 37.6 Å². The molecule has 1 aromatic carbocycles. The van der Waals surface area contributed by atoms with E-state index in [0.29, 0.717) is 12.1 Å². The Hall–Kier alpha value is -1.84. The van der Waals surface area contributed by atoms with Crippen LogP contribution in [0.3, 0.4) is 0 Å². The van der Waals surface area contributed by atoms with Crippen LogP contribution in [-0.2, 0) is 0 Å². The molecule has 0 atom stereocenters. The average molecular weight is 268 g/mol. The summed E-state index contributed by atoms with van der Waals surface area (Å²) in [6, 6.07) is 6.57. The maximum atomic E-state index is 11.6. The normalized spacial score (nSPS) is 11.3. The lowest BCUT2D eigenvalue weighted by atomic mass is 9.93. The molecule has 0 radical (unpaired) electrons. The highest BCUT2D eigenvalue weighted by Crippen LogP contribution is 2.29. The summed E-state index contributed by atoms with van der Waals surface area (Å²) in [5, 5.41) is 2.16. The van der Waals surface area contributed by atoms with Crippen molar-refractivity contribution >= 4 is 30.0 Å². The van der Waals surface area contributed by atoms with Crippen molar-refractivity contribution in [2.75, 3.05) is 4.90 Å². The molecule has 4 heteroatoms. The van der Waals surface area contributed by atoms with E-state index in [1.54, 1.807) is 7.85 Å². The van der Waals surface area contributed by atoms with Crippen LogP contribution in [0, 0.1) is 0 Å². The van der Waals surface area contributed by atoms with Crippen LogP contribution in [-0.4, -0.2) is 30.6 Å². The quantitative estimate of drug-likeness (QED) is 0.799. The number of pyridine rings is 1. The zero-order chi connectivity index (χ0) is 14.9. The summed E-state index contributed by atoms with van der Waals surface area (Å²) >= 11 is 0. The van der Waals surface area contributed by atoms with Crippen molar-refractivity contribution in [2.24, 2.45) is 0 Å². The monoisotopic (exact) mass is 268 g/mol. The van der Waals surface area contributed by atoms with E-state index in [1.807, 2.05) is 30.6 Å². The number of rotatable bonds is 4. The first kappa shape index (κ1) is 14.6. The van der Waals surface area contributed by atoms with Crippen LogP contribution in [0.5, 0.6) is 0 Å². The number of nitrogens with zero attached hydrogens (tertiary/aromatic N) is 2. The van der Waals surface area contributed by atoms with Crippen molar-refractivity contribution in [3.63, 3.8) is 0 Å². The molecule has 1 aromatic heterocycles. The van der Waals surface area contributed by atoms with E-state index in [0.717, 1.165) is 22.0 Å². The van der Waals surface area contributed by atoms with Gasteiger partial charge < -0.3 is 9.69 Å². The Balaban J connectivity index is 2.68. The second-order valence-corrected chi connectivity index (χ2v) is 5.75. The van der Waals surface area contributed by atoms with Gasteiger partial charge in [0.15, 0.2) is 7.85 Å². The van der Waals surface area contributed by atoms with Gasteiger partial charge in [-0.2, -0.15) is 0 Å². The van der Waals surface area contributed by atoms with Gasteiger partial charge in [0.1, 0.15) is 5.68 Å². The molecule has 0 N–H and O–H groups in total.